The molecule has 1 fully saturated rings. The first-order chi connectivity index (χ1) is 17.3. The van der Waals surface area contributed by atoms with E-state index in [0.717, 1.165) is 29.4 Å². The number of nitrogens with one attached hydrogen (secondary N) is 2. The summed E-state index contributed by atoms with van der Waals surface area (Å²) in [7, 11) is 0. The van der Waals surface area contributed by atoms with Gasteiger partial charge < -0.3 is 25.2 Å². The van der Waals surface area contributed by atoms with Gasteiger partial charge in [0, 0.05) is 42.3 Å². The topological polar surface area (TPSA) is 108 Å². The van der Waals surface area contributed by atoms with E-state index in [1.165, 1.54) is 0 Å². The van der Waals surface area contributed by atoms with Gasteiger partial charge in [0.2, 0.25) is 0 Å². The zero-order valence-electron chi connectivity index (χ0n) is 20.5. The molecule has 3 N–H and O–H groups in total. The van der Waals surface area contributed by atoms with Gasteiger partial charge in [-0.2, -0.15) is 0 Å². The highest BCUT2D eigenvalue weighted by Gasteiger charge is 2.40. The molecule has 4 heterocycles. The summed E-state index contributed by atoms with van der Waals surface area (Å²) in [5.41, 5.74) is 4.08. The third kappa shape index (κ3) is 4.44. The van der Waals surface area contributed by atoms with E-state index in [1.54, 1.807) is 0 Å². The van der Waals surface area contributed by atoms with Crippen LogP contribution < -0.4 is 10.6 Å². The molecule has 9 nitrogen and oxygen atoms in total. The van der Waals surface area contributed by atoms with Crippen molar-refractivity contribution in [1.82, 2.24) is 30.1 Å². The molecule has 0 radical (unpaired) electrons. The standard InChI is InChI=1S/C26H30ClN7O2/c1-16-22(31-23(27)18(3)29-16)17(2)30-25-28-15-26(32-25)8-11-34(12-9-26)24(36)20-5-4-6-21-19(20)7-10-33(21)13-14-35/h4-7,10,35H,2,8-9,11-15H2,1,3H3,(H2,28,30,32). The van der Waals surface area contributed by atoms with Crippen molar-refractivity contribution < 1.29 is 9.90 Å². The minimum Gasteiger partial charge on any atom is -0.395 e. The number of halogens is 1. The molecule has 0 unspecified atom stereocenters. The van der Waals surface area contributed by atoms with Gasteiger partial charge in [-0.05, 0) is 44.9 Å². The summed E-state index contributed by atoms with van der Waals surface area (Å²) < 4.78 is 1.97. The second-order valence-electron chi connectivity index (χ2n) is 9.47. The maximum Gasteiger partial charge on any atom is 0.254 e. The van der Waals surface area contributed by atoms with Gasteiger partial charge in [0.05, 0.1) is 35.8 Å². The number of aliphatic hydroxyl groups excluding tert-OH is 1. The van der Waals surface area contributed by atoms with E-state index in [4.69, 9.17) is 11.6 Å². The van der Waals surface area contributed by atoms with Crippen LogP contribution in [0.2, 0.25) is 5.15 Å². The minimum absolute atomic E-state index is 0.0353. The predicted octanol–water partition coefficient (Wildman–Crippen LogP) is 2.89. The van der Waals surface area contributed by atoms with E-state index in [2.05, 4.69) is 32.2 Å². The second-order valence-corrected chi connectivity index (χ2v) is 9.83. The summed E-state index contributed by atoms with van der Waals surface area (Å²) in [5.74, 6) is 0.681. The average Bonchev–Trinajstić information content (AvgIpc) is 3.45. The zero-order valence-corrected chi connectivity index (χ0v) is 21.3. The molecule has 0 saturated carbocycles. The summed E-state index contributed by atoms with van der Waals surface area (Å²) in [4.78, 5) is 28.8. The number of hydrogen-bond donors (Lipinski definition) is 3. The van der Waals surface area contributed by atoms with E-state index in [-0.39, 0.29) is 18.1 Å². The predicted molar refractivity (Wildman–Crippen MR) is 141 cm³/mol. The van der Waals surface area contributed by atoms with Crippen LogP contribution >= 0.6 is 11.6 Å². The average molecular weight is 508 g/mol. The Morgan fingerprint density at radius 3 is 2.75 bits per heavy atom. The molecule has 1 amide bonds. The number of carbonyl (C=O) groups excluding carboxylic acids is 1. The lowest BCUT2D eigenvalue weighted by atomic mass is 9.88. The number of benzene rings is 1. The summed E-state index contributed by atoms with van der Waals surface area (Å²) in [6.45, 7) is 10.3. The van der Waals surface area contributed by atoms with Crippen LogP contribution in [0.25, 0.3) is 16.6 Å². The van der Waals surface area contributed by atoms with E-state index < -0.39 is 0 Å². The van der Waals surface area contributed by atoms with Crippen LogP contribution in [-0.4, -0.2) is 68.2 Å². The Labute approximate surface area is 214 Å². The number of likely N-dealkylation sites (tertiary alicyclic amines) is 1. The third-order valence-electron chi connectivity index (χ3n) is 7.06. The molecule has 1 spiro atoms. The number of rotatable bonds is 5. The molecule has 10 heteroatoms. The van der Waals surface area contributed by atoms with Gasteiger partial charge in [0.25, 0.3) is 5.91 Å². The van der Waals surface area contributed by atoms with Gasteiger partial charge in [0.1, 0.15) is 5.69 Å². The van der Waals surface area contributed by atoms with Crippen LogP contribution in [0, 0.1) is 13.8 Å². The number of guanidine groups is 1. The zero-order chi connectivity index (χ0) is 25.4. The number of amides is 1. The fraction of sp³-hybridized carbons (Fsp3) is 0.385. The summed E-state index contributed by atoms with van der Waals surface area (Å²) in [6.07, 6.45) is 3.50. The van der Waals surface area contributed by atoms with Crippen molar-refractivity contribution in [3.63, 3.8) is 0 Å². The molecule has 1 aromatic carbocycles. The molecule has 0 atom stereocenters. The van der Waals surface area contributed by atoms with Crippen LogP contribution in [-0.2, 0) is 6.54 Å². The molecule has 0 bridgehead atoms. The van der Waals surface area contributed by atoms with Crippen LogP contribution in [0.4, 0.5) is 0 Å². The molecular formula is C26H30ClN7O2. The maximum atomic E-state index is 13.4. The normalized spacial score (nSPS) is 16.8. The monoisotopic (exact) mass is 507 g/mol. The van der Waals surface area contributed by atoms with Crippen molar-refractivity contribution in [3.8, 4) is 0 Å². The molecule has 2 aromatic heterocycles. The van der Waals surface area contributed by atoms with Gasteiger partial charge in [-0.25, -0.2) is 4.98 Å². The number of piperidine rings is 1. The Hall–Kier alpha value is -3.43. The lowest BCUT2D eigenvalue weighted by molar-refractivity contribution is 0.0670. The van der Waals surface area contributed by atoms with Gasteiger partial charge in [-0.15, -0.1) is 0 Å². The Balaban J connectivity index is 1.22. The number of aliphatic hydroxyl groups is 1. The van der Waals surface area contributed by atoms with Crippen molar-refractivity contribution in [3.05, 3.63) is 64.8 Å². The quantitative estimate of drug-likeness (QED) is 0.490. The highest BCUT2D eigenvalue weighted by molar-refractivity contribution is 6.30. The van der Waals surface area contributed by atoms with Crippen LogP contribution in [0.5, 0.6) is 0 Å². The number of nitrogens with zero attached hydrogens (tertiary/aromatic N) is 5. The fourth-order valence-electron chi connectivity index (χ4n) is 5.03. The number of aryl methyl sites for hydroxylation is 2. The lowest BCUT2D eigenvalue weighted by Gasteiger charge is -2.39. The summed E-state index contributed by atoms with van der Waals surface area (Å²) in [6, 6.07) is 7.71. The van der Waals surface area contributed by atoms with Crippen molar-refractivity contribution in [2.24, 2.45) is 4.99 Å². The van der Waals surface area contributed by atoms with Crippen molar-refractivity contribution in [1.29, 1.82) is 0 Å². The Morgan fingerprint density at radius 1 is 1.22 bits per heavy atom. The first-order valence-corrected chi connectivity index (χ1v) is 12.5. The van der Waals surface area contributed by atoms with E-state index in [1.807, 2.05) is 53.8 Å². The number of fused-ring (bicyclic) bond motifs is 1. The molecule has 0 aliphatic carbocycles. The van der Waals surface area contributed by atoms with Crippen LogP contribution in [0.3, 0.4) is 0 Å². The van der Waals surface area contributed by atoms with Gasteiger partial charge in [-0.1, -0.05) is 24.2 Å². The smallest absolute Gasteiger partial charge is 0.254 e. The number of aliphatic imine (C=N–C) groups is 1. The van der Waals surface area contributed by atoms with E-state index in [0.29, 0.717) is 59.9 Å². The van der Waals surface area contributed by atoms with Gasteiger partial charge in [0.15, 0.2) is 11.1 Å². The highest BCUT2D eigenvalue weighted by Crippen LogP contribution is 2.29. The fourth-order valence-corrected chi connectivity index (χ4v) is 5.16. The van der Waals surface area contributed by atoms with Gasteiger partial charge in [-0.3, -0.25) is 14.8 Å². The first kappa shape index (κ1) is 24.3. The van der Waals surface area contributed by atoms with Crippen LogP contribution in [0.15, 0.2) is 42.0 Å². The first-order valence-electron chi connectivity index (χ1n) is 12.1. The Kier molecular flexibility index (Phi) is 6.44. The SMILES string of the molecule is C=C(NC1=NCC2(CCN(C(=O)c3cccc4c3ccn4CCO)CC2)N1)c1nc(Cl)c(C)nc1C. The summed E-state index contributed by atoms with van der Waals surface area (Å²) >= 11 is 6.16. The second kappa shape index (κ2) is 9.55. The molecule has 188 valence electrons. The minimum atomic E-state index is -0.193. The highest BCUT2D eigenvalue weighted by atomic mass is 35.5. The van der Waals surface area contributed by atoms with Crippen LogP contribution in [0.1, 0.15) is 40.3 Å². The maximum absolute atomic E-state index is 13.4. The number of carbonyl (C=O) groups is 1. The Morgan fingerprint density at radius 2 is 2.00 bits per heavy atom. The van der Waals surface area contributed by atoms with Gasteiger partial charge >= 0.3 is 0 Å². The lowest BCUT2D eigenvalue weighted by Crippen LogP contribution is -2.56. The molecule has 2 aliphatic rings. The number of aromatic nitrogens is 3. The van der Waals surface area contributed by atoms with Crippen molar-refractivity contribution >= 4 is 40.1 Å². The Bertz CT molecular complexity index is 1370. The third-order valence-corrected chi connectivity index (χ3v) is 7.42. The molecule has 36 heavy (non-hydrogen) atoms. The largest absolute Gasteiger partial charge is 0.395 e. The van der Waals surface area contributed by atoms with Crippen molar-refractivity contribution in [2.45, 2.75) is 38.8 Å². The molecular weight excluding hydrogens is 478 g/mol. The molecule has 3 aromatic rings. The molecule has 1 saturated heterocycles. The molecule has 2 aliphatic heterocycles. The van der Waals surface area contributed by atoms with E-state index >= 15 is 0 Å². The van der Waals surface area contributed by atoms with Crippen molar-refractivity contribution in [2.75, 3.05) is 26.2 Å². The van der Waals surface area contributed by atoms with E-state index in [9.17, 15) is 9.90 Å². The molecule has 5 rings (SSSR count). The summed E-state index contributed by atoms with van der Waals surface area (Å²) in [5, 5.41) is 17.3. The number of hydrogen-bond acceptors (Lipinski definition) is 7.